The highest BCUT2D eigenvalue weighted by atomic mass is 32.1. The third-order valence-corrected chi connectivity index (χ3v) is 5.96. The number of nitrogens with zero attached hydrogens (tertiary/aromatic N) is 2. The van der Waals surface area contributed by atoms with Crippen LogP contribution in [0.25, 0.3) is 0 Å². The molecule has 0 aromatic carbocycles. The van der Waals surface area contributed by atoms with Gasteiger partial charge in [0.2, 0.25) is 5.91 Å². The minimum absolute atomic E-state index is 0.0601. The minimum atomic E-state index is -0.114. The maximum Gasteiger partial charge on any atom is 0.239 e. The van der Waals surface area contributed by atoms with Gasteiger partial charge >= 0.3 is 0 Å². The Hall–Kier alpha value is -0.950. The van der Waals surface area contributed by atoms with Gasteiger partial charge in [0.15, 0.2) is 0 Å². The van der Waals surface area contributed by atoms with Gasteiger partial charge in [-0.2, -0.15) is 11.3 Å². The zero-order valence-electron chi connectivity index (χ0n) is 13.7. The molecule has 1 aromatic heterocycles. The van der Waals surface area contributed by atoms with Crippen LogP contribution in [0.15, 0.2) is 16.8 Å². The second-order valence-electron chi connectivity index (χ2n) is 7.27. The van der Waals surface area contributed by atoms with Crippen LogP contribution >= 0.6 is 11.3 Å². The normalized spacial score (nSPS) is 27.8. The Labute approximate surface area is 141 Å². The summed E-state index contributed by atoms with van der Waals surface area (Å²) in [5.41, 5.74) is 1.33. The van der Waals surface area contributed by atoms with Crippen LogP contribution in [0, 0.1) is 5.92 Å². The van der Waals surface area contributed by atoms with Crippen molar-refractivity contribution in [3.8, 4) is 0 Å². The number of carbonyl (C=O) groups is 1. The molecule has 3 heterocycles. The highest BCUT2D eigenvalue weighted by Crippen LogP contribution is 2.36. The Balaban J connectivity index is 1.36. The summed E-state index contributed by atoms with van der Waals surface area (Å²) in [6.45, 7) is 5.43. The number of hydrogen-bond donors (Lipinski definition) is 1. The molecule has 1 aromatic rings. The van der Waals surface area contributed by atoms with E-state index in [0.29, 0.717) is 6.61 Å². The summed E-state index contributed by atoms with van der Waals surface area (Å²) in [4.78, 5) is 16.9. The standard InChI is InChI=1S/C17H25N3O2S/c1-18-16(21)15-8-22-17(12-20(15)7-13-2-3-13)10-19(11-17)6-14-4-5-23-9-14/h4-5,9,13,15H,2-3,6-8,10-12H2,1H3,(H,18,21). The summed E-state index contributed by atoms with van der Waals surface area (Å²) < 4.78 is 6.18. The number of amides is 1. The fraction of sp³-hybridized carbons (Fsp3) is 0.706. The zero-order valence-corrected chi connectivity index (χ0v) is 14.5. The van der Waals surface area contributed by atoms with Crippen molar-refractivity contribution in [2.75, 3.05) is 39.8 Å². The van der Waals surface area contributed by atoms with E-state index in [9.17, 15) is 4.79 Å². The van der Waals surface area contributed by atoms with E-state index in [1.54, 1.807) is 18.4 Å². The lowest BCUT2D eigenvalue weighted by Crippen LogP contribution is -2.72. The van der Waals surface area contributed by atoms with Crippen LogP contribution in [0.1, 0.15) is 18.4 Å². The van der Waals surface area contributed by atoms with Crippen LogP contribution in [0.4, 0.5) is 0 Å². The lowest BCUT2D eigenvalue weighted by molar-refractivity contribution is -0.203. The smallest absolute Gasteiger partial charge is 0.239 e. The van der Waals surface area contributed by atoms with Gasteiger partial charge in [-0.15, -0.1) is 0 Å². The lowest BCUT2D eigenvalue weighted by Gasteiger charge is -2.55. The average molecular weight is 335 g/mol. The van der Waals surface area contributed by atoms with Crippen molar-refractivity contribution >= 4 is 17.2 Å². The molecule has 6 heteroatoms. The van der Waals surface area contributed by atoms with E-state index in [-0.39, 0.29) is 17.6 Å². The molecule has 1 atom stereocenters. The summed E-state index contributed by atoms with van der Waals surface area (Å²) >= 11 is 1.75. The maximum absolute atomic E-state index is 12.1. The van der Waals surface area contributed by atoms with Gasteiger partial charge < -0.3 is 10.1 Å². The number of rotatable bonds is 5. The number of nitrogens with one attached hydrogen (secondary N) is 1. The fourth-order valence-electron chi connectivity index (χ4n) is 3.83. The first-order valence-electron chi connectivity index (χ1n) is 8.50. The predicted molar refractivity (Wildman–Crippen MR) is 90.4 cm³/mol. The number of likely N-dealkylation sites (N-methyl/N-ethyl adjacent to an activating group) is 1. The van der Waals surface area contributed by atoms with Gasteiger partial charge in [0, 0.05) is 39.8 Å². The van der Waals surface area contributed by atoms with Gasteiger partial charge in [0.25, 0.3) is 0 Å². The zero-order chi connectivity index (χ0) is 15.9. The second kappa shape index (κ2) is 6.16. The van der Waals surface area contributed by atoms with Crippen LogP contribution < -0.4 is 5.32 Å². The summed E-state index contributed by atoms with van der Waals surface area (Å²) in [6.07, 6.45) is 2.63. The monoisotopic (exact) mass is 335 g/mol. The number of morpholine rings is 1. The van der Waals surface area contributed by atoms with Crippen LogP contribution in [0.3, 0.4) is 0 Å². The molecular formula is C17H25N3O2S. The van der Waals surface area contributed by atoms with E-state index >= 15 is 0 Å². The number of thiophene rings is 1. The third-order valence-electron chi connectivity index (χ3n) is 5.23. The maximum atomic E-state index is 12.1. The van der Waals surface area contributed by atoms with Crippen molar-refractivity contribution in [2.45, 2.75) is 31.0 Å². The molecule has 0 bridgehead atoms. The van der Waals surface area contributed by atoms with Gasteiger partial charge in [0.05, 0.1) is 6.61 Å². The minimum Gasteiger partial charge on any atom is -0.369 e. The van der Waals surface area contributed by atoms with Gasteiger partial charge in [-0.1, -0.05) is 0 Å². The van der Waals surface area contributed by atoms with E-state index in [4.69, 9.17) is 4.74 Å². The Kier molecular flexibility index (Phi) is 4.17. The van der Waals surface area contributed by atoms with E-state index < -0.39 is 0 Å². The van der Waals surface area contributed by atoms with Crippen LogP contribution in [-0.2, 0) is 16.1 Å². The number of hydrogen-bond acceptors (Lipinski definition) is 5. The first kappa shape index (κ1) is 15.6. The molecule has 5 nitrogen and oxygen atoms in total. The molecular weight excluding hydrogens is 310 g/mol. The van der Waals surface area contributed by atoms with Gasteiger partial charge in [-0.3, -0.25) is 14.6 Å². The molecule has 1 aliphatic carbocycles. The molecule has 1 spiro atoms. The van der Waals surface area contributed by atoms with Crippen molar-refractivity contribution in [1.29, 1.82) is 0 Å². The molecule has 1 unspecified atom stereocenters. The lowest BCUT2D eigenvalue weighted by atomic mass is 9.90. The van der Waals surface area contributed by atoms with E-state index in [2.05, 4.69) is 31.9 Å². The molecule has 4 rings (SSSR count). The van der Waals surface area contributed by atoms with E-state index in [1.807, 2.05) is 0 Å². The highest BCUT2D eigenvalue weighted by Gasteiger charge is 2.50. The van der Waals surface area contributed by atoms with Crippen molar-refractivity contribution in [3.05, 3.63) is 22.4 Å². The Morgan fingerprint density at radius 3 is 2.91 bits per heavy atom. The Morgan fingerprint density at radius 2 is 2.26 bits per heavy atom. The van der Waals surface area contributed by atoms with Crippen molar-refractivity contribution in [3.63, 3.8) is 0 Å². The van der Waals surface area contributed by atoms with Crippen molar-refractivity contribution in [1.82, 2.24) is 15.1 Å². The van der Waals surface area contributed by atoms with Gasteiger partial charge in [-0.25, -0.2) is 0 Å². The molecule has 1 N–H and O–H groups in total. The topological polar surface area (TPSA) is 44.8 Å². The predicted octanol–water partition coefficient (Wildman–Crippen LogP) is 1.16. The van der Waals surface area contributed by atoms with E-state index in [0.717, 1.165) is 38.6 Å². The molecule has 0 radical (unpaired) electrons. The average Bonchev–Trinajstić information content (AvgIpc) is 3.18. The molecule has 2 aliphatic heterocycles. The molecule has 3 fully saturated rings. The molecule has 1 amide bonds. The highest BCUT2D eigenvalue weighted by molar-refractivity contribution is 7.07. The summed E-state index contributed by atoms with van der Waals surface area (Å²) in [5.74, 6) is 0.884. The summed E-state index contributed by atoms with van der Waals surface area (Å²) in [5, 5.41) is 7.14. The van der Waals surface area contributed by atoms with Crippen molar-refractivity contribution < 1.29 is 9.53 Å². The third kappa shape index (κ3) is 3.31. The van der Waals surface area contributed by atoms with Crippen LogP contribution in [0.2, 0.25) is 0 Å². The molecule has 1 saturated carbocycles. The first-order chi connectivity index (χ1) is 11.2. The van der Waals surface area contributed by atoms with E-state index in [1.165, 1.54) is 18.4 Å². The largest absolute Gasteiger partial charge is 0.369 e. The number of ether oxygens (including phenoxy) is 1. The number of carbonyl (C=O) groups excluding carboxylic acids is 1. The summed E-state index contributed by atoms with van der Waals surface area (Å²) in [7, 11) is 1.72. The quantitative estimate of drug-likeness (QED) is 0.877. The van der Waals surface area contributed by atoms with Gasteiger partial charge in [0.1, 0.15) is 11.6 Å². The Morgan fingerprint density at radius 1 is 1.43 bits per heavy atom. The first-order valence-corrected chi connectivity index (χ1v) is 9.45. The van der Waals surface area contributed by atoms with Crippen molar-refractivity contribution in [2.24, 2.45) is 5.92 Å². The fourth-order valence-corrected chi connectivity index (χ4v) is 4.49. The summed E-state index contributed by atoms with van der Waals surface area (Å²) in [6, 6.07) is 2.08. The van der Waals surface area contributed by atoms with Crippen LogP contribution in [-0.4, -0.2) is 67.2 Å². The SMILES string of the molecule is CNC(=O)C1COC2(CN(Cc3ccsc3)C2)CN1CC1CC1. The molecule has 3 aliphatic rings. The second-order valence-corrected chi connectivity index (χ2v) is 8.05. The molecule has 126 valence electrons. The molecule has 23 heavy (non-hydrogen) atoms. The van der Waals surface area contributed by atoms with Crippen LogP contribution in [0.5, 0.6) is 0 Å². The van der Waals surface area contributed by atoms with Gasteiger partial charge in [-0.05, 0) is 41.1 Å². The number of likely N-dealkylation sites (tertiary alicyclic amines) is 1. The molecule has 2 saturated heterocycles. The Bertz CT molecular complexity index is 552.